The maximum absolute atomic E-state index is 13.7. The molecule has 0 fully saturated rings. The number of hydrogen-bond acceptors (Lipinski definition) is 6. The lowest BCUT2D eigenvalue weighted by Gasteiger charge is -2.10. The van der Waals surface area contributed by atoms with Crippen molar-refractivity contribution in [2.75, 3.05) is 0 Å². The van der Waals surface area contributed by atoms with Gasteiger partial charge in [-0.2, -0.15) is 5.10 Å². The Morgan fingerprint density at radius 2 is 2.04 bits per heavy atom. The van der Waals surface area contributed by atoms with Gasteiger partial charge in [-0.25, -0.2) is 22.5 Å². The van der Waals surface area contributed by atoms with Crippen molar-refractivity contribution in [2.45, 2.75) is 18.4 Å². The van der Waals surface area contributed by atoms with Crippen LogP contribution in [-0.4, -0.2) is 29.1 Å². The van der Waals surface area contributed by atoms with Crippen molar-refractivity contribution >= 4 is 15.9 Å². The summed E-state index contributed by atoms with van der Waals surface area (Å²) in [5.41, 5.74) is 9.42. The third kappa shape index (κ3) is 4.22. The highest BCUT2D eigenvalue weighted by Crippen LogP contribution is 2.14. The van der Waals surface area contributed by atoms with Gasteiger partial charge in [-0.3, -0.25) is 10.2 Å². The van der Waals surface area contributed by atoms with E-state index in [2.05, 4.69) is 10.1 Å². The van der Waals surface area contributed by atoms with Gasteiger partial charge in [-0.15, -0.1) is 4.83 Å². The summed E-state index contributed by atoms with van der Waals surface area (Å²) in [4.78, 5) is 17.7. The molecule has 3 rings (SSSR count). The average molecular weight is 404 g/mol. The smallest absolute Gasteiger partial charge is 0.284 e. The average Bonchev–Trinajstić information content (AvgIpc) is 3.15. The first-order valence-electron chi connectivity index (χ1n) is 8.09. The molecule has 146 valence electrons. The number of pyridine rings is 1. The number of rotatable bonds is 6. The molecular weight excluding hydrogens is 387 g/mol. The number of nitrogens with two attached hydrogens (primary N) is 1. The Labute approximate surface area is 160 Å². The first-order valence-corrected chi connectivity index (χ1v) is 9.58. The lowest BCUT2D eigenvalue weighted by molar-refractivity contribution is 0.0940. The summed E-state index contributed by atoms with van der Waals surface area (Å²) in [5.74, 6) is -1.74. The minimum absolute atomic E-state index is 0.0453. The molecule has 0 saturated carbocycles. The van der Waals surface area contributed by atoms with E-state index in [0.29, 0.717) is 17.9 Å². The Morgan fingerprint density at radius 1 is 1.29 bits per heavy atom. The lowest BCUT2D eigenvalue weighted by Crippen LogP contribution is -2.42. The van der Waals surface area contributed by atoms with E-state index in [4.69, 9.17) is 5.73 Å². The van der Waals surface area contributed by atoms with Crippen LogP contribution in [-0.2, 0) is 16.6 Å². The number of sulfonamides is 1. The van der Waals surface area contributed by atoms with E-state index < -0.39 is 26.6 Å². The van der Waals surface area contributed by atoms with Crippen molar-refractivity contribution in [3.05, 3.63) is 71.6 Å². The molecule has 0 aliphatic rings. The molecule has 0 atom stereocenters. The fraction of sp³-hybridized carbons (Fsp3) is 0.118. The second-order valence-corrected chi connectivity index (χ2v) is 7.49. The summed E-state index contributed by atoms with van der Waals surface area (Å²) in [5, 5.41) is 4.16. The van der Waals surface area contributed by atoms with Crippen LogP contribution < -0.4 is 16.0 Å². The number of hydrazine groups is 1. The van der Waals surface area contributed by atoms with Crippen molar-refractivity contribution in [1.29, 1.82) is 0 Å². The Balaban J connectivity index is 1.80. The summed E-state index contributed by atoms with van der Waals surface area (Å²) in [6, 6.07) is 7.95. The third-order valence-corrected chi connectivity index (χ3v) is 5.01. The molecule has 0 radical (unpaired) electrons. The van der Waals surface area contributed by atoms with E-state index in [9.17, 15) is 17.6 Å². The molecule has 2 heterocycles. The van der Waals surface area contributed by atoms with Gasteiger partial charge in [0.2, 0.25) is 0 Å². The first kappa shape index (κ1) is 19.6. The molecule has 0 bridgehead atoms. The van der Waals surface area contributed by atoms with Crippen LogP contribution in [0.15, 0.2) is 53.7 Å². The number of nitrogens with one attached hydrogen (secondary N) is 2. The van der Waals surface area contributed by atoms with Gasteiger partial charge in [0.15, 0.2) is 0 Å². The minimum Gasteiger partial charge on any atom is -0.326 e. The Kier molecular flexibility index (Phi) is 5.49. The molecule has 11 heteroatoms. The molecule has 0 unspecified atom stereocenters. The van der Waals surface area contributed by atoms with Crippen molar-refractivity contribution in [3.8, 4) is 5.69 Å². The maximum atomic E-state index is 13.7. The molecule has 1 amide bonds. The number of aryl methyl sites for hydroxylation is 1. The normalized spacial score (nSPS) is 11.4. The van der Waals surface area contributed by atoms with Gasteiger partial charge >= 0.3 is 0 Å². The van der Waals surface area contributed by atoms with E-state index in [1.807, 2.05) is 10.3 Å². The van der Waals surface area contributed by atoms with Gasteiger partial charge in [-0.1, -0.05) is 12.1 Å². The molecule has 9 nitrogen and oxygen atoms in total. The van der Waals surface area contributed by atoms with Crippen LogP contribution >= 0.6 is 0 Å². The standard InChI is InChI=1S/C17H17FN6O3S/c1-11-6-13(24-10-12(8-19)9-20-24)7-15(21-11)17(25)22-23-28(26,27)16-5-3-2-4-14(16)18/h2-7,9-10,23H,8,19H2,1H3,(H,22,25). The Morgan fingerprint density at radius 3 is 2.71 bits per heavy atom. The topological polar surface area (TPSA) is 132 Å². The number of nitrogens with zero attached hydrogens (tertiary/aromatic N) is 3. The lowest BCUT2D eigenvalue weighted by atomic mass is 10.2. The van der Waals surface area contributed by atoms with Crippen molar-refractivity contribution in [1.82, 2.24) is 25.0 Å². The molecule has 0 aliphatic carbocycles. The molecule has 3 aromatic rings. The second kappa shape index (κ2) is 7.84. The van der Waals surface area contributed by atoms with Crippen LogP contribution in [0, 0.1) is 12.7 Å². The molecule has 28 heavy (non-hydrogen) atoms. The highest BCUT2D eigenvalue weighted by Gasteiger charge is 2.20. The number of hydrogen-bond donors (Lipinski definition) is 3. The van der Waals surface area contributed by atoms with E-state index in [1.165, 1.54) is 22.9 Å². The largest absolute Gasteiger partial charge is 0.326 e. The number of amides is 1. The predicted molar refractivity (Wildman–Crippen MR) is 98.2 cm³/mol. The predicted octanol–water partition coefficient (Wildman–Crippen LogP) is 0.797. The highest BCUT2D eigenvalue weighted by molar-refractivity contribution is 7.89. The summed E-state index contributed by atoms with van der Waals surface area (Å²) in [7, 11) is -4.28. The monoisotopic (exact) mass is 404 g/mol. The van der Waals surface area contributed by atoms with E-state index in [1.54, 1.807) is 25.4 Å². The zero-order valence-electron chi connectivity index (χ0n) is 14.8. The van der Waals surface area contributed by atoms with E-state index in [0.717, 1.165) is 17.7 Å². The molecule has 0 spiro atoms. The van der Waals surface area contributed by atoms with Crippen LogP contribution in [0.2, 0.25) is 0 Å². The summed E-state index contributed by atoms with van der Waals surface area (Å²) in [6.45, 7) is 1.99. The fourth-order valence-electron chi connectivity index (χ4n) is 2.40. The number of carbonyl (C=O) groups is 1. The zero-order chi connectivity index (χ0) is 20.3. The molecule has 4 N–H and O–H groups in total. The van der Waals surface area contributed by atoms with E-state index in [-0.39, 0.29) is 5.69 Å². The van der Waals surface area contributed by atoms with Gasteiger partial charge < -0.3 is 5.73 Å². The van der Waals surface area contributed by atoms with Gasteiger partial charge in [-0.05, 0) is 31.2 Å². The van der Waals surface area contributed by atoms with Crippen molar-refractivity contribution < 1.29 is 17.6 Å². The summed E-state index contributed by atoms with van der Waals surface area (Å²) < 4.78 is 39.6. The van der Waals surface area contributed by atoms with E-state index >= 15 is 0 Å². The van der Waals surface area contributed by atoms with Crippen LogP contribution in [0.3, 0.4) is 0 Å². The second-order valence-electron chi connectivity index (χ2n) is 5.84. The molecule has 2 aromatic heterocycles. The molecule has 1 aromatic carbocycles. The SMILES string of the molecule is Cc1cc(-n2cc(CN)cn2)cc(C(=O)NNS(=O)(=O)c2ccccc2F)n1. The molecule has 0 saturated heterocycles. The van der Waals surface area contributed by atoms with Gasteiger partial charge in [0.05, 0.1) is 11.9 Å². The van der Waals surface area contributed by atoms with Crippen LogP contribution in [0.4, 0.5) is 4.39 Å². The summed E-state index contributed by atoms with van der Waals surface area (Å²) >= 11 is 0. The van der Waals surface area contributed by atoms with Crippen LogP contribution in [0.1, 0.15) is 21.7 Å². The first-order chi connectivity index (χ1) is 13.3. The fourth-order valence-corrected chi connectivity index (χ4v) is 3.32. The van der Waals surface area contributed by atoms with Crippen molar-refractivity contribution in [2.24, 2.45) is 5.73 Å². The molecular formula is C17H17FN6O3S. The highest BCUT2D eigenvalue weighted by atomic mass is 32.2. The van der Waals surface area contributed by atoms with Crippen LogP contribution in [0.5, 0.6) is 0 Å². The third-order valence-electron chi connectivity index (χ3n) is 3.73. The zero-order valence-corrected chi connectivity index (χ0v) is 15.6. The Hall–Kier alpha value is -3.15. The summed E-state index contributed by atoms with van der Waals surface area (Å²) in [6.07, 6.45) is 3.30. The van der Waals surface area contributed by atoms with Crippen LogP contribution in [0.25, 0.3) is 5.69 Å². The maximum Gasteiger partial charge on any atom is 0.284 e. The number of aromatic nitrogens is 3. The Bertz CT molecular complexity index is 1130. The molecule has 0 aliphatic heterocycles. The number of benzene rings is 1. The number of halogens is 1. The van der Waals surface area contributed by atoms with Gasteiger partial charge in [0, 0.05) is 24.0 Å². The minimum atomic E-state index is -4.28. The van der Waals surface area contributed by atoms with Gasteiger partial charge in [0.1, 0.15) is 16.4 Å². The van der Waals surface area contributed by atoms with Gasteiger partial charge in [0.25, 0.3) is 15.9 Å². The van der Waals surface area contributed by atoms with Crippen molar-refractivity contribution in [3.63, 3.8) is 0 Å². The quantitative estimate of drug-likeness (QED) is 0.521. The number of carbonyl (C=O) groups excluding carboxylic acids is 1.